The van der Waals surface area contributed by atoms with Gasteiger partial charge in [-0.2, -0.15) is 0 Å². The Morgan fingerprint density at radius 1 is 1.44 bits per heavy atom. The summed E-state index contributed by atoms with van der Waals surface area (Å²) in [6.07, 6.45) is 5.70. The van der Waals surface area contributed by atoms with Crippen molar-refractivity contribution in [2.75, 3.05) is 6.54 Å². The zero-order valence-corrected chi connectivity index (χ0v) is 10.5. The van der Waals surface area contributed by atoms with Crippen molar-refractivity contribution in [1.29, 1.82) is 0 Å². The fraction of sp³-hybridized carbons (Fsp3) is 0.308. The van der Waals surface area contributed by atoms with Crippen molar-refractivity contribution in [3.63, 3.8) is 0 Å². The summed E-state index contributed by atoms with van der Waals surface area (Å²) in [5.74, 6) is -0.298. The number of rotatable bonds is 2. The predicted molar refractivity (Wildman–Crippen MR) is 68.5 cm³/mol. The summed E-state index contributed by atoms with van der Waals surface area (Å²) in [5.41, 5.74) is 1.66. The molecule has 2 heterocycles. The quantitative estimate of drug-likeness (QED) is 0.904. The summed E-state index contributed by atoms with van der Waals surface area (Å²) >= 11 is 6.13. The van der Waals surface area contributed by atoms with Crippen LogP contribution in [0.4, 0.5) is 4.39 Å². The lowest BCUT2D eigenvalue weighted by Gasteiger charge is -2.15. The molecule has 0 unspecified atom stereocenters. The van der Waals surface area contributed by atoms with Crippen LogP contribution < -0.4 is 5.32 Å². The van der Waals surface area contributed by atoms with Gasteiger partial charge in [-0.15, -0.1) is 0 Å². The van der Waals surface area contributed by atoms with Crippen LogP contribution in [0.25, 0.3) is 5.69 Å². The van der Waals surface area contributed by atoms with E-state index in [2.05, 4.69) is 10.3 Å². The molecule has 1 aliphatic rings. The highest BCUT2D eigenvalue weighted by atomic mass is 35.5. The molecule has 1 saturated heterocycles. The van der Waals surface area contributed by atoms with E-state index in [1.807, 2.05) is 10.8 Å². The third-order valence-corrected chi connectivity index (χ3v) is 3.57. The Labute approximate surface area is 110 Å². The highest BCUT2D eigenvalue weighted by Gasteiger charge is 2.21. The Morgan fingerprint density at radius 3 is 3.11 bits per heavy atom. The zero-order valence-electron chi connectivity index (χ0n) is 9.74. The van der Waals surface area contributed by atoms with E-state index < -0.39 is 0 Å². The Morgan fingerprint density at radius 2 is 2.33 bits per heavy atom. The maximum atomic E-state index is 13.3. The van der Waals surface area contributed by atoms with Gasteiger partial charge >= 0.3 is 0 Å². The van der Waals surface area contributed by atoms with Gasteiger partial charge in [0.05, 0.1) is 28.9 Å². The van der Waals surface area contributed by atoms with Gasteiger partial charge in [0.15, 0.2) is 0 Å². The van der Waals surface area contributed by atoms with E-state index in [-0.39, 0.29) is 11.9 Å². The average Bonchev–Trinajstić information content (AvgIpc) is 3.00. The molecule has 1 aliphatic heterocycles. The highest BCUT2D eigenvalue weighted by Crippen LogP contribution is 2.28. The van der Waals surface area contributed by atoms with Crippen LogP contribution in [0.15, 0.2) is 30.7 Å². The van der Waals surface area contributed by atoms with Gasteiger partial charge in [0.2, 0.25) is 0 Å². The average molecular weight is 266 g/mol. The molecular weight excluding hydrogens is 253 g/mol. The molecule has 2 aromatic rings. The van der Waals surface area contributed by atoms with E-state index >= 15 is 0 Å². The molecule has 3 rings (SSSR count). The molecule has 0 saturated carbocycles. The number of hydrogen-bond donors (Lipinski definition) is 1. The second kappa shape index (κ2) is 4.71. The van der Waals surface area contributed by atoms with Crippen LogP contribution in [0.2, 0.25) is 5.02 Å². The largest absolute Gasteiger partial charge is 0.309 e. The third kappa shape index (κ3) is 2.02. The van der Waals surface area contributed by atoms with E-state index in [1.165, 1.54) is 12.1 Å². The second-order valence-corrected chi connectivity index (χ2v) is 4.84. The Bertz CT molecular complexity index is 561. The molecule has 94 valence electrons. The van der Waals surface area contributed by atoms with Crippen LogP contribution in [0.3, 0.4) is 0 Å². The first-order chi connectivity index (χ1) is 8.75. The van der Waals surface area contributed by atoms with E-state index in [0.29, 0.717) is 10.7 Å². The Balaban J connectivity index is 2.06. The summed E-state index contributed by atoms with van der Waals surface area (Å²) in [6, 6.07) is 4.63. The molecule has 0 radical (unpaired) electrons. The number of imidazole rings is 1. The van der Waals surface area contributed by atoms with Crippen LogP contribution >= 0.6 is 11.6 Å². The minimum atomic E-state index is -0.298. The molecule has 3 nitrogen and oxygen atoms in total. The molecule has 1 aromatic heterocycles. The number of benzene rings is 1. The highest BCUT2D eigenvalue weighted by molar-refractivity contribution is 6.32. The second-order valence-electron chi connectivity index (χ2n) is 4.43. The lowest BCUT2D eigenvalue weighted by atomic mass is 10.1. The van der Waals surface area contributed by atoms with Crippen molar-refractivity contribution in [2.24, 2.45) is 0 Å². The van der Waals surface area contributed by atoms with E-state index in [1.54, 1.807) is 12.4 Å². The Hall–Kier alpha value is -1.39. The summed E-state index contributed by atoms with van der Waals surface area (Å²) < 4.78 is 15.2. The lowest BCUT2D eigenvalue weighted by molar-refractivity contribution is 0.609. The molecular formula is C13H13ClFN3. The molecule has 1 N–H and O–H groups in total. The van der Waals surface area contributed by atoms with Crippen molar-refractivity contribution in [1.82, 2.24) is 14.9 Å². The molecule has 0 spiro atoms. The minimum absolute atomic E-state index is 0.270. The van der Waals surface area contributed by atoms with E-state index in [9.17, 15) is 4.39 Å². The number of aromatic nitrogens is 2. The van der Waals surface area contributed by atoms with Gasteiger partial charge in [0, 0.05) is 6.04 Å². The van der Waals surface area contributed by atoms with Crippen LogP contribution in [0, 0.1) is 5.82 Å². The predicted octanol–water partition coefficient (Wildman–Crippen LogP) is 3.09. The fourth-order valence-corrected chi connectivity index (χ4v) is 2.58. The molecule has 0 amide bonds. The maximum absolute atomic E-state index is 13.3. The van der Waals surface area contributed by atoms with E-state index in [4.69, 9.17) is 11.6 Å². The van der Waals surface area contributed by atoms with Gasteiger partial charge in [0.25, 0.3) is 0 Å². The normalized spacial score (nSPS) is 19.3. The molecule has 0 aliphatic carbocycles. The number of hydrogen-bond acceptors (Lipinski definition) is 2. The van der Waals surface area contributed by atoms with Gasteiger partial charge in [-0.05, 0) is 37.6 Å². The maximum Gasteiger partial charge on any atom is 0.125 e. The number of nitrogens with one attached hydrogen (secondary N) is 1. The topological polar surface area (TPSA) is 29.9 Å². The van der Waals surface area contributed by atoms with Gasteiger partial charge < -0.3 is 9.88 Å². The molecule has 1 atom stereocenters. The Kier molecular flexibility index (Phi) is 3.06. The van der Waals surface area contributed by atoms with Crippen molar-refractivity contribution in [2.45, 2.75) is 18.9 Å². The van der Waals surface area contributed by atoms with E-state index in [0.717, 1.165) is 25.1 Å². The van der Waals surface area contributed by atoms with Crippen molar-refractivity contribution in [3.8, 4) is 5.69 Å². The molecule has 0 bridgehead atoms. The van der Waals surface area contributed by atoms with Gasteiger partial charge in [-0.1, -0.05) is 11.6 Å². The van der Waals surface area contributed by atoms with Crippen LogP contribution in [0.1, 0.15) is 24.6 Å². The third-order valence-electron chi connectivity index (χ3n) is 3.25. The first kappa shape index (κ1) is 11.7. The molecule has 1 aromatic carbocycles. The van der Waals surface area contributed by atoms with Crippen LogP contribution in [-0.2, 0) is 0 Å². The molecule has 1 fully saturated rings. The summed E-state index contributed by atoms with van der Waals surface area (Å²) in [4.78, 5) is 4.16. The lowest BCUT2D eigenvalue weighted by Crippen LogP contribution is -2.16. The van der Waals surface area contributed by atoms with Gasteiger partial charge in [-0.25, -0.2) is 9.37 Å². The first-order valence-corrected chi connectivity index (χ1v) is 6.34. The van der Waals surface area contributed by atoms with Crippen LogP contribution in [-0.4, -0.2) is 16.1 Å². The van der Waals surface area contributed by atoms with Crippen molar-refractivity contribution >= 4 is 11.6 Å². The monoisotopic (exact) mass is 265 g/mol. The summed E-state index contributed by atoms with van der Waals surface area (Å²) in [6.45, 7) is 1.01. The van der Waals surface area contributed by atoms with Crippen LogP contribution in [0.5, 0.6) is 0 Å². The fourth-order valence-electron chi connectivity index (χ4n) is 2.37. The first-order valence-electron chi connectivity index (χ1n) is 5.97. The number of halogens is 2. The van der Waals surface area contributed by atoms with Crippen molar-refractivity contribution in [3.05, 3.63) is 47.3 Å². The SMILES string of the molecule is Fc1ccc(Cl)c(-n2cncc2[C@@H]2CCCN2)c1. The number of nitrogens with zero attached hydrogens (tertiary/aromatic N) is 2. The van der Waals surface area contributed by atoms with Gasteiger partial charge in [-0.3, -0.25) is 0 Å². The smallest absolute Gasteiger partial charge is 0.125 e. The van der Waals surface area contributed by atoms with Gasteiger partial charge in [0.1, 0.15) is 5.82 Å². The molecule has 5 heteroatoms. The summed E-state index contributed by atoms with van der Waals surface area (Å²) in [7, 11) is 0. The summed E-state index contributed by atoms with van der Waals surface area (Å²) in [5, 5.41) is 3.93. The molecule has 18 heavy (non-hydrogen) atoms. The standard InChI is InChI=1S/C13H13ClFN3/c14-10-4-3-9(15)6-12(10)18-8-16-7-13(18)11-2-1-5-17-11/h3-4,6-8,11,17H,1-2,5H2/t11-/m0/s1. The zero-order chi connectivity index (χ0) is 12.5. The van der Waals surface area contributed by atoms with Crippen molar-refractivity contribution < 1.29 is 4.39 Å². The minimum Gasteiger partial charge on any atom is -0.309 e.